The zero-order valence-electron chi connectivity index (χ0n) is 29.0. The van der Waals surface area contributed by atoms with Gasteiger partial charge in [0.1, 0.15) is 23.7 Å². The van der Waals surface area contributed by atoms with Crippen molar-refractivity contribution >= 4 is 50.8 Å². The van der Waals surface area contributed by atoms with E-state index in [1.165, 1.54) is 38.7 Å². The number of aromatic nitrogens is 3. The van der Waals surface area contributed by atoms with E-state index in [0.29, 0.717) is 12.5 Å². The zero-order valence-corrected chi connectivity index (χ0v) is 29.0. The zero-order chi connectivity index (χ0) is 34.5. The highest BCUT2D eigenvalue weighted by molar-refractivity contribution is 6.06. The van der Waals surface area contributed by atoms with E-state index < -0.39 is 0 Å². The van der Waals surface area contributed by atoms with Gasteiger partial charge in [0.15, 0.2) is 5.82 Å². The van der Waals surface area contributed by atoms with E-state index in [9.17, 15) is 0 Å². The highest BCUT2D eigenvalue weighted by Crippen LogP contribution is 2.38. The number of hydrogen-bond donors (Lipinski definition) is 0. The molecule has 0 amide bonds. The molecule has 2 aliphatic rings. The molecule has 9 rings (SSSR count). The van der Waals surface area contributed by atoms with Gasteiger partial charge in [-0.2, -0.15) is 0 Å². The molecule has 0 saturated carbocycles. The SMILES string of the molecule is C/C=C\C1=C(CC)C2=CC=c3c(c4ccccc4n3-c3ccnc(-c4ccc5oc6ccccc6c5c4)n3)=C(C2)N1C/N=C/c1cccc(C)c1. The Bertz CT molecular complexity index is 2770. The quantitative estimate of drug-likeness (QED) is 0.160. The normalized spacial score (nSPS) is 14.6. The molecule has 1 aliphatic carbocycles. The molecule has 0 unspecified atom stereocenters. The molecule has 248 valence electrons. The van der Waals surface area contributed by atoms with Gasteiger partial charge < -0.3 is 9.32 Å². The van der Waals surface area contributed by atoms with Crippen molar-refractivity contribution in [3.8, 4) is 17.2 Å². The number of aliphatic imine (C=N–C) groups is 1. The first-order valence-electron chi connectivity index (χ1n) is 17.6. The Morgan fingerprint density at radius 2 is 1.71 bits per heavy atom. The number of hydrogen-bond acceptors (Lipinski definition) is 5. The van der Waals surface area contributed by atoms with Gasteiger partial charge in [0.2, 0.25) is 0 Å². The van der Waals surface area contributed by atoms with Crippen LogP contribution in [0.5, 0.6) is 0 Å². The molecule has 0 saturated heterocycles. The van der Waals surface area contributed by atoms with E-state index in [-0.39, 0.29) is 0 Å². The molecule has 0 atom stereocenters. The molecule has 2 bridgehead atoms. The maximum Gasteiger partial charge on any atom is 0.161 e. The third-order valence-electron chi connectivity index (χ3n) is 10.0. The second-order valence-corrected chi connectivity index (χ2v) is 13.2. The lowest BCUT2D eigenvalue weighted by atomic mass is 9.91. The average Bonchev–Trinajstić information content (AvgIpc) is 3.64. The summed E-state index contributed by atoms with van der Waals surface area (Å²) < 4.78 is 8.40. The van der Waals surface area contributed by atoms with Crippen molar-refractivity contribution in [2.24, 2.45) is 4.99 Å². The molecule has 0 spiro atoms. The first-order chi connectivity index (χ1) is 25.1. The van der Waals surface area contributed by atoms with Crippen LogP contribution in [0.1, 0.15) is 37.8 Å². The van der Waals surface area contributed by atoms with E-state index in [1.54, 1.807) is 0 Å². The van der Waals surface area contributed by atoms with Crippen molar-refractivity contribution < 1.29 is 4.42 Å². The summed E-state index contributed by atoms with van der Waals surface area (Å²) in [5, 5.41) is 5.65. The third kappa shape index (κ3) is 5.22. The molecular weight excluding hydrogens is 627 g/mol. The average molecular weight is 664 g/mol. The van der Waals surface area contributed by atoms with Gasteiger partial charge in [-0.1, -0.05) is 85.3 Å². The molecule has 6 heteroatoms. The summed E-state index contributed by atoms with van der Waals surface area (Å²) in [6.07, 6.45) is 14.6. The first kappa shape index (κ1) is 30.8. The van der Waals surface area contributed by atoms with Crippen LogP contribution in [0.4, 0.5) is 0 Å². The molecule has 4 aromatic carbocycles. The number of aryl methyl sites for hydroxylation is 1. The fraction of sp³-hybridized carbons (Fsp3) is 0.133. The van der Waals surface area contributed by atoms with Crippen molar-refractivity contribution in [2.45, 2.75) is 33.6 Å². The summed E-state index contributed by atoms with van der Waals surface area (Å²) in [5.41, 5.74) is 11.3. The van der Waals surface area contributed by atoms with E-state index in [4.69, 9.17) is 19.4 Å². The van der Waals surface area contributed by atoms with Gasteiger partial charge in [-0.3, -0.25) is 9.56 Å². The van der Waals surface area contributed by atoms with Crippen LogP contribution in [0, 0.1) is 6.92 Å². The minimum Gasteiger partial charge on any atom is -0.456 e. The Labute approximate surface area is 296 Å². The van der Waals surface area contributed by atoms with Gasteiger partial charge in [0, 0.05) is 57.2 Å². The van der Waals surface area contributed by atoms with Gasteiger partial charge in [-0.25, -0.2) is 9.97 Å². The topological polar surface area (TPSA) is 59.5 Å². The van der Waals surface area contributed by atoms with Crippen LogP contribution in [0.15, 0.2) is 148 Å². The predicted molar refractivity (Wildman–Crippen MR) is 209 cm³/mol. The molecule has 51 heavy (non-hydrogen) atoms. The molecule has 0 fully saturated rings. The standard InChI is InChI=1S/C45H37N5O/c1-4-11-37-33(5-2)31-18-20-39-44(40(26-31)49(37)28-46-27-30-13-10-12-29(3)24-30)35-15-6-8-16-38(35)50(39)43-22-23-47-45(48-43)32-19-21-42-36(25-32)34-14-7-9-17-41(34)51-42/h4,6-25,27H,5,26,28H2,1-3H3/b11-4-,46-27+. The van der Waals surface area contributed by atoms with Crippen LogP contribution in [0.3, 0.4) is 0 Å². The molecule has 0 N–H and O–H groups in total. The lowest BCUT2D eigenvalue weighted by Gasteiger charge is -2.35. The Morgan fingerprint density at radius 3 is 2.57 bits per heavy atom. The minimum absolute atomic E-state index is 0.515. The molecule has 3 aromatic heterocycles. The predicted octanol–water partition coefficient (Wildman–Crippen LogP) is 9.15. The van der Waals surface area contributed by atoms with Gasteiger partial charge >= 0.3 is 0 Å². The summed E-state index contributed by atoms with van der Waals surface area (Å²) in [4.78, 5) is 17.4. The molecular formula is C45H37N5O. The van der Waals surface area contributed by atoms with Gasteiger partial charge in [0.25, 0.3) is 0 Å². The fourth-order valence-electron chi connectivity index (χ4n) is 7.76. The Hall–Kier alpha value is -6.27. The minimum atomic E-state index is 0.515. The molecule has 6 nitrogen and oxygen atoms in total. The number of benzene rings is 4. The van der Waals surface area contributed by atoms with Crippen LogP contribution in [0.25, 0.3) is 61.8 Å². The summed E-state index contributed by atoms with van der Waals surface area (Å²) in [6, 6.07) is 33.5. The second kappa shape index (κ2) is 12.6. The molecule has 7 aromatic rings. The summed E-state index contributed by atoms with van der Waals surface area (Å²) in [5.74, 6) is 1.49. The fourth-order valence-corrected chi connectivity index (χ4v) is 7.76. The number of fused-ring (bicyclic) bond motifs is 8. The highest BCUT2D eigenvalue weighted by Gasteiger charge is 2.28. The van der Waals surface area contributed by atoms with Crippen molar-refractivity contribution in [3.05, 3.63) is 160 Å². The summed E-state index contributed by atoms with van der Waals surface area (Å²) in [7, 11) is 0. The highest BCUT2D eigenvalue weighted by atomic mass is 16.3. The first-order valence-corrected chi connectivity index (χ1v) is 17.6. The Morgan fingerprint density at radius 1 is 0.863 bits per heavy atom. The van der Waals surface area contributed by atoms with Gasteiger partial charge in [0.05, 0.1) is 10.9 Å². The Balaban J connectivity index is 1.24. The molecule has 0 radical (unpaired) electrons. The maximum atomic E-state index is 6.10. The largest absolute Gasteiger partial charge is 0.456 e. The van der Waals surface area contributed by atoms with E-state index >= 15 is 0 Å². The molecule has 1 aliphatic heterocycles. The lowest BCUT2D eigenvalue weighted by molar-refractivity contribution is 0.486. The van der Waals surface area contributed by atoms with Crippen molar-refractivity contribution in [1.82, 2.24) is 19.4 Å². The monoisotopic (exact) mass is 663 g/mol. The molecule has 4 heterocycles. The van der Waals surface area contributed by atoms with Crippen LogP contribution >= 0.6 is 0 Å². The second-order valence-electron chi connectivity index (χ2n) is 13.2. The smallest absolute Gasteiger partial charge is 0.161 e. The summed E-state index contributed by atoms with van der Waals surface area (Å²) >= 11 is 0. The van der Waals surface area contributed by atoms with E-state index in [1.807, 2.05) is 48.8 Å². The number of furan rings is 1. The van der Waals surface area contributed by atoms with Crippen molar-refractivity contribution in [3.63, 3.8) is 0 Å². The van der Waals surface area contributed by atoms with Gasteiger partial charge in [-0.05, 0) is 85.5 Å². The maximum absolute atomic E-state index is 6.10. The van der Waals surface area contributed by atoms with Crippen LogP contribution in [-0.2, 0) is 0 Å². The van der Waals surface area contributed by atoms with Crippen LogP contribution in [-0.4, -0.2) is 32.3 Å². The number of allylic oxidation sites excluding steroid dienone is 4. The number of para-hydroxylation sites is 2. The van der Waals surface area contributed by atoms with Crippen LogP contribution in [0.2, 0.25) is 0 Å². The van der Waals surface area contributed by atoms with Crippen molar-refractivity contribution in [1.29, 1.82) is 0 Å². The number of nitrogens with zero attached hydrogens (tertiary/aromatic N) is 5. The van der Waals surface area contributed by atoms with Crippen LogP contribution < -0.4 is 10.6 Å². The van der Waals surface area contributed by atoms with E-state index in [2.05, 4.69) is 115 Å². The van der Waals surface area contributed by atoms with E-state index in [0.717, 1.165) is 62.6 Å². The summed E-state index contributed by atoms with van der Waals surface area (Å²) in [6.45, 7) is 6.97. The number of rotatable bonds is 7. The third-order valence-corrected chi connectivity index (χ3v) is 10.0. The lowest BCUT2D eigenvalue weighted by Crippen LogP contribution is -2.37. The Kier molecular flexibility index (Phi) is 7.58. The van der Waals surface area contributed by atoms with Gasteiger partial charge in [-0.15, -0.1) is 0 Å². The van der Waals surface area contributed by atoms with Crippen molar-refractivity contribution in [2.75, 3.05) is 6.67 Å².